The highest BCUT2D eigenvalue weighted by Gasteiger charge is 2.25. The number of pyridine rings is 2. The second-order valence-electron chi connectivity index (χ2n) is 10.5. The molecule has 0 bridgehead atoms. The molecule has 0 saturated heterocycles. The van der Waals surface area contributed by atoms with Crippen LogP contribution in [0.25, 0.3) is 39.8 Å². The highest BCUT2D eigenvalue weighted by atomic mass is 27.0. The Hall–Kier alpha value is -3.51. The molecule has 2 aromatic carbocycles. The van der Waals surface area contributed by atoms with Crippen molar-refractivity contribution in [1.29, 1.82) is 0 Å². The predicted molar refractivity (Wildman–Crippen MR) is 173 cm³/mol. The quantitative estimate of drug-likeness (QED) is 0.194. The Kier molecular flexibility index (Phi) is 9.61. The minimum absolute atomic E-state index is 0.523. The van der Waals surface area contributed by atoms with Crippen molar-refractivity contribution in [2.24, 2.45) is 11.8 Å². The van der Waals surface area contributed by atoms with Crippen molar-refractivity contribution in [3.63, 3.8) is 0 Å². The molecular formula is C37H37AlN2. The minimum atomic E-state index is 0.523. The van der Waals surface area contributed by atoms with Crippen LogP contribution in [-0.4, -0.2) is 26.3 Å². The predicted octanol–water partition coefficient (Wildman–Crippen LogP) is 7.08. The van der Waals surface area contributed by atoms with Crippen molar-refractivity contribution >= 4 is 49.2 Å². The number of hydrogen-bond acceptors (Lipinski definition) is 2. The molecule has 0 amide bonds. The van der Waals surface area contributed by atoms with Crippen LogP contribution < -0.4 is 14.9 Å². The number of nitrogens with zero attached hydrogens (tertiary/aromatic N) is 2. The molecule has 2 aliphatic carbocycles. The van der Waals surface area contributed by atoms with Gasteiger partial charge in [0.15, 0.2) is 16.3 Å². The van der Waals surface area contributed by atoms with E-state index in [1.165, 1.54) is 49.6 Å². The van der Waals surface area contributed by atoms with Gasteiger partial charge in [-0.05, 0) is 89.6 Å². The lowest BCUT2D eigenvalue weighted by Crippen LogP contribution is -2.34. The van der Waals surface area contributed by atoms with Gasteiger partial charge in [0.1, 0.15) is 0 Å². The maximum atomic E-state index is 4.76. The van der Waals surface area contributed by atoms with E-state index in [9.17, 15) is 0 Å². The third kappa shape index (κ3) is 6.28. The summed E-state index contributed by atoms with van der Waals surface area (Å²) in [7, 11) is 0. The number of fused-ring (bicyclic) bond motifs is 2. The van der Waals surface area contributed by atoms with Gasteiger partial charge in [-0.15, -0.1) is 4.43 Å². The topological polar surface area (TPSA) is 25.8 Å². The van der Waals surface area contributed by atoms with Gasteiger partial charge in [-0.2, -0.15) is 0 Å². The Bertz CT molecular complexity index is 1660. The van der Waals surface area contributed by atoms with Crippen molar-refractivity contribution in [3.05, 3.63) is 120 Å². The zero-order chi connectivity index (χ0) is 27.7. The third-order valence-electron chi connectivity index (χ3n) is 7.84. The van der Waals surface area contributed by atoms with Crippen molar-refractivity contribution < 1.29 is 0 Å². The minimum Gasteiger partial charge on any atom is -0.256 e. The molecule has 0 spiro atoms. The monoisotopic (exact) mass is 536 g/mol. The van der Waals surface area contributed by atoms with Gasteiger partial charge in [-0.1, -0.05) is 98.3 Å². The Labute approximate surface area is 247 Å². The summed E-state index contributed by atoms with van der Waals surface area (Å²) >= 11 is 2.82. The summed E-state index contributed by atoms with van der Waals surface area (Å²) < 4.78 is 1.22. The third-order valence-corrected chi connectivity index (χ3v) is 8.32. The van der Waals surface area contributed by atoms with Gasteiger partial charge in [0.2, 0.25) is 0 Å². The average Bonchev–Trinajstić information content (AvgIpc) is 3.01. The van der Waals surface area contributed by atoms with Gasteiger partial charge < -0.3 is 0 Å². The summed E-state index contributed by atoms with van der Waals surface area (Å²) in [5, 5.41) is 5.20. The number of aromatic nitrogens is 2. The molecule has 198 valence electrons. The van der Waals surface area contributed by atoms with Crippen LogP contribution in [0.15, 0.2) is 103 Å². The van der Waals surface area contributed by atoms with Crippen molar-refractivity contribution in [2.45, 2.75) is 46.0 Å². The van der Waals surface area contributed by atoms with Crippen LogP contribution in [0.1, 0.15) is 51.6 Å². The zero-order valence-electron chi connectivity index (χ0n) is 23.6. The molecule has 2 radical (unpaired) electrons. The van der Waals surface area contributed by atoms with Crippen LogP contribution in [-0.2, 0) is 0 Å². The van der Waals surface area contributed by atoms with Gasteiger partial charge in [0.05, 0.1) is 11.4 Å². The first-order chi connectivity index (χ1) is 19.7. The van der Waals surface area contributed by atoms with Gasteiger partial charge in [0, 0.05) is 17.8 Å². The fourth-order valence-corrected chi connectivity index (χ4v) is 6.38. The molecular weight excluding hydrogens is 499 g/mol. The molecule has 2 aliphatic rings. The smallest absolute Gasteiger partial charge is 0.176 e. The van der Waals surface area contributed by atoms with Gasteiger partial charge in [-0.25, -0.2) is 0 Å². The molecule has 3 heteroatoms. The van der Waals surface area contributed by atoms with Gasteiger partial charge >= 0.3 is 0 Å². The largest absolute Gasteiger partial charge is 0.256 e. The fourth-order valence-electron chi connectivity index (χ4n) is 5.98. The van der Waals surface area contributed by atoms with Crippen LogP contribution in [0.3, 0.4) is 0 Å². The molecule has 2 nitrogen and oxygen atoms in total. The van der Waals surface area contributed by atoms with Crippen LogP contribution in [0, 0.1) is 11.8 Å². The zero-order valence-corrected chi connectivity index (χ0v) is 24.8. The lowest BCUT2D eigenvalue weighted by molar-refractivity contribution is 0.452. The first-order valence-electron chi connectivity index (χ1n) is 14.5. The summed E-state index contributed by atoms with van der Waals surface area (Å²) in [5.74, 6) is 1.11. The standard InChI is InChI=1S/C22H25N.C15H12N.Al/c1-3-9-17(10-4-2)19-12-7-8-14-21(19)22-20-13-6-5-11-18(20)15-16-23-22;1-2-8-13-12(6-1)7-5-9-14(13)15-10-3-4-11-16-15;/h3,5-9,11,13-17,19H,4,10,12H2,1-2H3;3-8,10-11H,1-2H2;. The van der Waals surface area contributed by atoms with E-state index in [1.807, 2.05) is 24.5 Å². The first kappa shape index (κ1) is 28.0. The van der Waals surface area contributed by atoms with E-state index < -0.39 is 0 Å². The highest BCUT2D eigenvalue weighted by molar-refractivity contribution is 6.35. The number of allylic oxidation sites excluding steroid dienone is 6. The number of rotatable bonds is 6. The van der Waals surface area contributed by atoms with E-state index in [4.69, 9.17) is 4.98 Å². The van der Waals surface area contributed by atoms with Crippen molar-refractivity contribution in [3.8, 4) is 11.3 Å². The average molecular weight is 537 g/mol. The van der Waals surface area contributed by atoms with E-state index in [1.54, 1.807) is 0 Å². The molecule has 2 unspecified atom stereocenters. The molecule has 2 atom stereocenters. The SMILES string of the molecule is CC=CC(CCC)C1CC=CC=C1c1nccc2ccccc12.[Al][c]1ccc2c(c1-c1ccccn1)=CCCC=2. The molecule has 0 saturated carbocycles. The van der Waals surface area contributed by atoms with E-state index >= 15 is 0 Å². The Morgan fingerprint density at radius 2 is 1.80 bits per heavy atom. The molecule has 0 N–H and O–H groups in total. The molecule has 2 aromatic heterocycles. The lowest BCUT2D eigenvalue weighted by atomic mass is 9.76. The van der Waals surface area contributed by atoms with E-state index in [-0.39, 0.29) is 0 Å². The molecule has 0 fully saturated rings. The van der Waals surface area contributed by atoms with Crippen molar-refractivity contribution in [1.82, 2.24) is 9.97 Å². The fraction of sp³-hybridized carbons (Fsp3) is 0.243. The lowest BCUT2D eigenvalue weighted by Gasteiger charge is -2.28. The summed E-state index contributed by atoms with van der Waals surface area (Å²) in [6, 6.07) is 21.1. The molecule has 0 aliphatic heterocycles. The summed E-state index contributed by atoms with van der Waals surface area (Å²) in [4.78, 5) is 9.23. The Morgan fingerprint density at radius 1 is 0.950 bits per heavy atom. The molecule has 4 aromatic rings. The summed E-state index contributed by atoms with van der Waals surface area (Å²) in [6.07, 6.45) is 25.6. The van der Waals surface area contributed by atoms with Crippen LogP contribution in [0.4, 0.5) is 0 Å². The highest BCUT2D eigenvalue weighted by Crippen LogP contribution is 2.39. The summed E-state index contributed by atoms with van der Waals surface area (Å²) in [5.41, 5.74) is 4.86. The van der Waals surface area contributed by atoms with Gasteiger partial charge in [0.25, 0.3) is 0 Å². The van der Waals surface area contributed by atoms with Crippen LogP contribution in [0.5, 0.6) is 0 Å². The van der Waals surface area contributed by atoms with Crippen molar-refractivity contribution in [2.75, 3.05) is 0 Å². The second-order valence-corrected chi connectivity index (χ2v) is 11.1. The summed E-state index contributed by atoms with van der Waals surface area (Å²) in [6.45, 7) is 4.40. The number of hydrogen-bond donors (Lipinski definition) is 0. The Balaban J connectivity index is 0.000000168. The van der Waals surface area contributed by atoms with E-state index in [2.05, 4.69) is 126 Å². The first-order valence-corrected chi connectivity index (χ1v) is 15.1. The normalized spacial score (nSPS) is 16.8. The van der Waals surface area contributed by atoms with E-state index in [0.29, 0.717) is 11.8 Å². The Morgan fingerprint density at radius 3 is 2.62 bits per heavy atom. The van der Waals surface area contributed by atoms with Crippen LogP contribution >= 0.6 is 0 Å². The maximum absolute atomic E-state index is 4.76. The molecule has 6 rings (SSSR count). The number of benzene rings is 2. The molecule has 2 heterocycles. The van der Waals surface area contributed by atoms with E-state index in [0.717, 1.165) is 30.7 Å². The molecule has 40 heavy (non-hydrogen) atoms. The van der Waals surface area contributed by atoms with Gasteiger partial charge in [-0.3, -0.25) is 9.97 Å². The second kappa shape index (κ2) is 13.7. The van der Waals surface area contributed by atoms with Crippen LogP contribution in [0.2, 0.25) is 0 Å². The maximum Gasteiger partial charge on any atom is 0.176 e.